The Balaban J connectivity index is 2.52. The summed E-state index contributed by atoms with van der Waals surface area (Å²) in [7, 11) is 0. The molecule has 1 aromatic carbocycles. The summed E-state index contributed by atoms with van der Waals surface area (Å²) in [4.78, 5) is 4.33. The zero-order valence-electron chi connectivity index (χ0n) is 9.20. The van der Waals surface area contributed by atoms with E-state index in [2.05, 4.69) is 17.1 Å². The summed E-state index contributed by atoms with van der Waals surface area (Å²) in [5.74, 6) is 0. The van der Waals surface area contributed by atoms with Crippen molar-refractivity contribution in [3.05, 3.63) is 42.1 Å². The molecule has 0 fully saturated rings. The number of pyridine rings is 1. The molecule has 0 unspecified atom stereocenters. The largest absolute Gasteiger partial charge is 0.325 e. The predicted molar refractivity (Wildman–Crippen MR) is 63.7 cm³/mol. The first kappa shape index (κ1) is 10.1. The second-order valence-electron chi connectivity index (χ2n) is 4.65. The van der Waals surface area contributed by atoms with Gasteiger partial charge >= 0.3 is 0 Å². The van der Waals surface area contributed by atoms with Gasteiger partial charge in [-0.1, -0.05) is 18.2 Å². The second-order valence-corrected chi connectivity index (χ2v) is 4.65. The lowest BCUT2D eigenvalue weighted by Gasteiger charge is -2.19. The monoisotopic (exact) mass is 200 g/mol. The Kier molecular flexibility index (Phi) is 2.45. The van der Waals surface area contributed by atoms with Crippen LogP contribution in [0.3, 0.4) is 0 Å². The molecule has 0 spiro atoms. The zero-order chi connectivity index (χ0) is 10.9. The Bertz CT molecular complexity index is 464. The fourth-order valence-corrected chi connectivity index (χ4v) is 1.80. The van der Waals surface area contributed by atoms with Crippen molar-refractivity contribution in [2.45, 2.75) is 25.8 Å². The topological polar surface area (TPSA) is 38.9 Å². The summed E-state index contributed by atoms with van der Waals surface area (Å²) >= 11 is 0. The van der Waals surface area contributed by atoms with Crippen molar-refractivity contribution in [3.63, 3.8) is 0 Å². The lowest BCUT2D eigenvalue weighted by Crippen LogP contribution is -2.34. The molecular weight excluding hydrogens is 184 g/mol. The van der Waals surface area contributed by atoms with Gasteiger partial charge in [-0.2, -0.15) is 0 Å². The average molecular weight is 200 g/mol. The van der Waals surface area contributed by atoms with Gasteiger partial charge < -0.3 is 5.73 Å². The third-order valence-corrected chi connectivity index (χ3v) is 2.39. The number of aromatic nitrogens is 1. The molecule has 0 bridgehead atoms. The lowest BCUT2D eigenvalue weighted by atomic mass is 9.94. The van der Waals surface area contributed by atoms with E-state index >= 15 is 0 Å². The summed E-state index contributed by atoms with van der Waals surface area (Å²) < 4.78 is 0. The van der Waals surface area contributed by atoms with E-state index in [4.69, 9.17) is 5.73 Å². The van der Waals surface area contributed by atoms with Crippen LogP contribution in [0, 0.1) is 0 Å². The molecule has 0 aliphatic carbocycles. The van der Waals surface area contributed by atoms with Gasteiger partial charge in [0, 0.05) is 17.1 Å². The summed E-state index contributed by atoms with van der Waals surface area (Å²) in [6.07, 6.45) is 2.72. The quantitative estimate of drug-likeness (QED) is 0.809. The smallest absolute Gasteiger partial charge is 0.0704 e. The number of rotatable bonds is 2. The van der Waals surface area contributed by atoms with Crippen molar-refractivity contribution in [2.24, 2.45) is 5.73 Å². The van der Waals surface area contributed by atoms with Gasteiger partial charge in [0.1, 0.15) is 0 Å². The highest BCUT2D eigenvalue weighted by atomic mass is 14.7. The van der Waals surface area contributed by atoms with E-state index in [1.165, 1.54) is 10.9 Å². The molecule has 2 aromatic rings. The third-order valence-electron chi connectivity index (χ3n) is 2.39. The van der Waals surface area contributed by atoms with Crippen molar-refractivity contribution in [1.82, 2.24) is 4.98 Å². The van der Waals surface area contributed by atoms with Gasteiger partial charge in [0.05, 0.1) is 5.52 Å². The number of hydrogen-bond donors (Lipinski definition) is 1. The Morgan fingerprint density at radius 1 is 1.20 bits per heavy atom. The van der Waals surface area contributed by atoms with E-state index in [0.29, 0.717) is 0 Å². The highest BCUT2D eigenvalue weighted by Crippen LogP contribution is 2.19. The van der Waals surface area contributed by atoms with E-state index in [-0.39, 0.29) is 5.54 Å². The normalized spacial score (nSPS) is 11.9. The molecule has 0 aliphatic rings. The molecular formula is C13H16N2. The zero-order valence-corrected chi connectivity index (χ0v) is 9.20. The Labute approximate surface area is 90.1 Å². The maximum atomic E-state index is 6.04. The van der Waals surface area contributed by atoms with Crippen molar-refractivity contribution in [2.75, 3.05) is 0 Å². The SMILES string of the molecule is CC(C)(N)Cc1ccnc2ccccc12. The first-order chi connectivity index (χ1) is 7.06. The summed E-state index contributed by atoms with van der Waals surface area (Å²) in [5, 5.41) is 1.21. The van der Waals surface area contributed by atoms with Crippen LogP contribution < -0.4 is 5.73 Å². The number of nitrogens with zero attached hydrogens (tertiary/aromatic N) is 1. The third kappa shape index (κ3) is 2.34. The van der Waals surface area contributed by atoms with Gasteiger partial charge in [0.2, 0.25) is 0 Å². The molecule has 0 atom stereocenters. The minimum atomic E-state index is -0.176. The van der Waals surface area contributed by atoms with Crippen LogP contribution in [-0.2, 0) is 6.42 Å². The minimum absolute atomic E-state index is 0.176. The van der Waals surface area contributed by atoms with Crippen LogP contribution in [0.25, 0.3) is 10.9 Å². The first-order valence-corrected chi connectivity index (χ1v) is 5.18. The first-order valence-electron chi connectivity index (χ1n) is 5.18. The predicted octanol–water partition coefficient (Wildman–Crippen LogP) is 2.51. The van der Waals surface area contributed by atoms with Crippen LogP contribution >= 0.6 is 0 Å². The van der Waals surface area contributed by atoms with Crippen molar-refractivity contribution >= 4 is 10.9 Å². The fraction of sp³-hybridized carbons (Fsp3) is 0.308. The Hall–Kier alpha value is -1.41. The van der Waals surface area contributed by atoms with Crippen molar-refractivity contribution in [1.29, 1.82) is 0 Å². The number of hydrogen-bond acceptors (Lipinski definition) is 2. The fourth-order valence-electron chi connectivity index (χ4n) is 1.80. The Morgan fingerprint density at radius 3 is 2.67 bits per heavy atom. The van der Waals surface area contributed by atoms with Gasteiger partial charge in [-0.05, 0) is 38.0 Å². The van der Waals surface area contributed by atoms with Crippen LogP contribution in [-0.4, -0.2) is 10.5 Å². The summed E-state index contributed by atoms with van der Waals surface area (Å²) in [6.45, 7) is 4.09. The number of benzene rings is 1. The molecule has 1 heterocycles. The average Bonchev–Trinajstić information content (AvgIpc) is 2.16. The summed E-state index contributed by atoms with van der Waals surface area (Å²) in [5.41, 5.74) is 8.17. The summed E-state index contributed by atoms with van der Waals surface area (Å²) in [6, 6.07) is 10.2. The van der Waals surface area contributed by atoms with Crippen LogP contribution in [0.1, 0.15) is 19.4 Å². The molecule has 2 nitrogen and oxygen atoms in total. The maximum Gasteiger partial charge on any atom is 0.0704 e. The molecule has 78 valence electrons. The van der Waals surface area contributed by atoms with Crippen LogP contribution in [0.5, 0.6) is 0 Å². The van der Waals surface area contributed by atoms with Gasteiger partial charge in [-0.25, -0.2) is 0 Å². The molecule has 2 heteroatoms. The molecule has 0 aliphatic heterocycles. The van der Waals surface area contributed by atoms with Gasteiger partial charge in [-0.15, -0.1) is 0 Å². The van der Waals surface area contributed by atoms with Crippen molar-refractivity contribution in [3.8, 4) is 0 Å². The molecule has 15 heavy (non-hydrogen) atoms. The van der Waals surface area contributed by atoms with Crippen molar-refractivity contribution < 1.29 is 0 Å². The molecule has 1 aromatic heterocycles. The molecule has 0 radical (unpaired) electrons. The maximum absolute atomic E-state index is 6.04. The van der Waals surface area contributed by atoms with Gasteiger partial charge in [0.25, 0.3) is 0 Å². The molecule has 2 N–H and O–H groups in total. The number of para-hydroxylation sites is 1. The molecule has 0 saturated heterocycles. The molecule has 0 amide bonds. The van der Waals surface area contributed by atoms with Crippen LogP contribution in [0.15, 0.2) is 36.5 Å². The lowest BCUT2D eigenvalue weighted by molar-refractivity contribution is 0.518. The number of nitrogens with two attached hydrogens (primary N) is 1. The second kappa shape index (κ2) is 3.63. The standard InChI is InChI=1S/C13H16N2/c1-13(2,14)9-10-7-8-15-12-6-4-3-5-11(10)12/h3-8H,9,14H2,1-2H3. The molecule has 2 rings (SSSR count). The van der Waals surface area contributed by atoms with E-state index < -0.39 is 0 Å². The van der Waals surface area contributed by atoms with Gasteiger partial charge in [-0.3, -0.25) is 4.98 Å². The van der Waals surface area contributed by atoms with E-state index in [9.17, 15) is 0 Å². The van der Waals surface area contributed by atoms with Gasteiger partial charge in [0.15, 0.2) is 0 Å². The number of fused-ring (bicyclic) bond motifs is 1. The minimum Gasteiger partial charge on any atom is -0.325 e. The Morgan fingerprint density at radius 2 is 1.93 bits per heavy atom. The highest BCUT2D eigenvalue weighted by molar-refractivity contribution is 5.81. The van der Waals surface area contributed by atoms with E-state index in [1.54, 1.807) is 0 Å². The van der Waals surface area contributed by atoms with E-state index in [1.807, 2.05) is 38.2 Å². The highest BCUT2D eigenvalue weighted by Gasteiger charge is 2.13. The van der Waals surface area contributed by atoms with Crippen LogP contribution in [0.2, 0.25) is 0 Å². The van der Waals surface area contributed by atoms with Crippen LogP contribution in [0.4, 0.5) is 0 Å². The van der Waals surface area contributed by atoms with E-state index in [0.717, 1.165) is 11.9 Å². The molecule has 0 saturated carbocycles.